The van der Waals surface area contributed by atoms with Crippen molar-refractivity contribution < 1.29 is 9.59 Å². The number of aliphatic imine (C=N–C) groups is 2. The van der Waals surface area contributed by atoms with E-state index in [1.54, 1.807) is 18.2 Å². The van der Waals surface area contributed by atoms with Crippen molar-refractivity contribution >= 4 is 41.1 Å². The second kappa shape index (κ2) is 9.54. The third-order valence-corrected chi connectivity index (χ3v) is 5.60. The van der Waals surface area contributed by atoms with E-state index >= 15 is 0 Å². The van der Waals surface area contributed by atoms with E-state index in [1.807, 2.05) is 31.2 Å². The van der Waals surface area contributed by atoms with E-state index in [1.165, 1.54) is 13.1 Å². The number of aromatic nitrogens is 1. The lowest BCUT2D eigenvalue weighted by Gasteiger charge is -2.28. The Morgan fingerprint density at radius 1 is 1.06 bits per heavy atom. The third kappa shape index (κ3) is 4.84. The molecule has 1 spiro atoms. The molecule has 3 N–H and O–H groups in total. The van der Waals surface area contributed by atoms with Crippen molar-refractivity contribution in [2.45, 2.75) is 32.4 Å². The van der Waals surface area contributed by atoms with Crippen LogP contribution < -0.4 is 11.1 Å². The van der Waals surface area contributed by atoms with Crippen molar-refractivity contribution in [2.24, 2.45) is 15.7 Å². The number of hydrogen-bond acceptors (Lipinski definition) is 6. The number of Topliss-reactive ketones (excluding diaryl/α,β-unsaturated/α-hetero) is 1. The summed E-state index contributed by atoms with van der Waals surface area (Å²) in [4.78, 5) is 38.0. The van der Waals surface area contributed by atoms with Crippen molar-refractivity contribution in [1.29, 1.82) is 0 Å². The summed E-state index contributed by atoms with van der Waals surface area (Å²) in [5, 5.41) is 3.35. The predicted octanol–water partition coefficient (Wildman–Crippen LogP) is 2.91. The van der Waals surface area contributed by atoms with Gasteiger partial charge in [0.2, 0.25) is 5.91 Å². The molecule has 2 aromatic rings. The van der Waals surface area contributed by atoms with Gasteiger partial charge in [-0.15, -0.1) is 12.4 Å². The lowest BCUT2D eigenvalue weighted by atomic mass is 10.00. The molecule has 0 aliphatic carbocycles. The Labute approximate surface area is 193 Å². The van der Waals surface area contributed by atoms with Crippen LogP contribution in [0.2, 0.25) is 0 Å². The van der Waals surface area contributed by atoms with Crippen molar-refractivity contribution in [3.63, 3.8) is 0 Å². The Kier molecular flexibility index (Phi) is 7.01. The normalized spacial score (nSPS) is 17.4. The molecule has 1 aromatic heterocycles. The number of nitrogens with zero attached hydrogens (tertiary/aromatic N) is 3. The number of hydrogen-bond donors (Lipinski definition) is 2. The highest BCUT2D eigenvalue weighted by Crippen LogP contribution is 2.32. The number of nitrogens with two attached hydrogens (primary N) is 1. The number of piperidine rings is 1. The van der Waals surface area contributed by atoms with E-state index in [0.717, 1.165) is 42.8 Å². The maximum absolute atomic E-state index is 12.3. The maximum Gasteiger partial charge on any atom is 0.249 e. The van der Waals surface area contributed by atoms with E-state index in [4.69, 9.17) is 15.7 Å². The third-order valence-electron chi connectivity index (χ3n) is 5.60. The summed E-state index contributed by atoms with van der Waals surface area (Å²) in [7, 11) is 0. The van der Waals surface area contributed by atoms with Gasteiger partial charge in [-0.05, 0) is 32.2 Å². The fourth-order valence-corrected chi connectivity index (χ4v) is 3.84. The van der Waals surface area contributed by atoms with E-state index < -0.39 is 11.6 Å². The molecule has 2 aliphatic heterocycles. The Hall–Kier alpha value is -3.16. The highest BCUT2D eigenvalue weighted by molar-refractivity contribution is 6.55. The first-order valence-electron chi connectivity index (χ1n) is 10.3. The van der Waals surface area contributed by atoms with Crippen LogP contribution in [-0.4, -0.2) is 46.9 Å². The zero-order valence-corrected chi connectivity index (χ0v) is 18.9. The predicted molar refractivity (Wildman–Crippen MR) is 129 cm³/mol. The molecule has 0 saturated carbocycles. The van der Waals surface area contributed by atoms with Gasteiger partial charge < -0.3 is 11.1 Å². The molecule has 3 heterocycles. The Morgan fingerprint density at radius 3 is 2.31 bits per heavy atom. The summed E-state index contributed by atoms with van der Waals surface area (Å²) in [6, 6.07) is 11.4. The highest BCUT2D eigenvalue weighted by Gasteiger charge is 2.37. The molecule has 1 aromatic carbocycles. The molecule has 1 fully saturated rings. The van der Waals surface area contributed by atoms with E-state index in [0.29, 0.717) is 17.0 Å². The standard InChI is InChI=1S/C24H25N5O2.ClH/c1-15-3-5-17(6-4-15)22-21(28-24(29-22)9-11-26-12-10-24)13-19(23(25)31)18-7-8-20(16(2)30)27-14-18;/h3-8,13-14,26H,9-12H2,1-2H3,(H2,25,31);1H. The Morgan fingerprint density at radius 2 is 1.75 bits per heavy atom. The van der Waals surface area contributed by atoms with E-state index in [-0.39, 0.29) is 23.8 Å². The van der Waals surface area contributed by atoms with Gasteiger partial charge in [-0.2, -0.15) is 0 Å². The smallest absolute Gasteiger partial charge is 0.249 e. The molecule has 4 rings (SSSR count). The summed E-state index contributed by atoms with van der Waals surface area (Å²) in [5.74, 6) is -0.729. The van der Waals surface area contributed by atoms with Crippen LogP contribution in [-0.2, 0) is 4.79 Å². The molecule has 8 heteroatoms. The molecule has 32 heavy (non-hydrogen) atoms. The van der Waals surface area contributed by atoms with Crippen molar-refractivity contribution in [1.82, 2.24) is 10.3 Å². The molecule has 0 unspecified atom stereocenters. The van der Waals surface area contributed by atoms with E-state index in [2.05, 4.69) is 10.3 Å². The van der Waals surface area contributed by atoms with Gasteiger partial charge in [0.05, 0.1) is 17.0 Å². The average molecular weight is 452 g/mol. The van der Waals surface area contributed by atoms with Gasteiger partial charge in [-0.1, -0.05) is 35.9 Å². The van der Waals surface area contributed by atoms with Crippen LogP contribution >= 0.6 is 12.4 Å². The zero-order valence-electron chi connectivity index (χ0n) is 18.1. The second-order valence-corrected chi connectivity index (χ2v) is 7.97. The number of carbonyl (C=O) groups is 2. The van der Waals surface area contributed by atoms with Crippen LogP contribution in [0.25, 0.3) is 5.57 Å². The molecule has 0 bridgehead atoms. The summed E-state index contributed by atoms with van der Waals surface area (Å²) in [6.45, 7) is 5.16. The first-order chi connectivity index (χ1) is 14.9. The zero-order chi connectivity index (χ0) is 22.0. The van der Waals surface area contributed by atoms with Gasteiger partial charge in [0.1, 0.15) is 5.69 Å². The van der Waals surface area contributed by atoms with Crippen LogP contribution in [0, 0.1) is 6.92 Å². The summed E-state index contributed by atoms with van der Waals surface area (Å²) in [6.07, 6.45) is 4.77. The number of amides is 1. The van der Waals surface area contributed by atoms with Crippen LogP contribution in [0.4, 0.5) is 0 Å². The van der Waals surface area contributed by atoms with Gasteiger partial charge in [0, 0.05) is 37.1 Å². The summed E-state index contributed by atoms with van der Waals surface area (Å²) in [5.41, 5.74) is 9.85. The number of pyridine rings is 1. The molecule has 1 amide bonds. The molecule has 166 valence electrons. The minimum atomic E-state index is -0.588. The molecule has 0 radical (unpaired) electrons. The number of allylic oxidation sites excluding steroid dienone is 1. The second-order valence-electron chi connectivity index (χ2n) is 7.97. The van der Waals surface area contributed by atoms with Gasteiger partial charge in [-0.3, -0.25) is 24.6 Å². The lowest BCUT2D eigenvalue weighted by Crippen LogP contribution is -2.38. The maximum atomic E-state index is 12.3. The minimum Gasteiger partial charge on any atom is -0.366 e. The monoisotopic (exact) mass is 451 g/mol. The topological polar surface area (TPSA) is 110 Å². The molecule has 7 nitrogen and oxygen atoms in total. The van der Waals surface area contributed by atoms with Gasteiger partial charge in [-0.25, -0.2) is 0 Å². The number of benzene rings is 1. The summed E-state index contributed by atoms with van der Waals surface area (Å²) < 4.78 is 0. The van der Waals surface area contributed by atoms with Crippen molar-refractivity contribution in [2.75, 3.05) is 13.1 Å². The van der Waals surface area contributed by atoms with Crippen LogP contribution in [0.3, 0.4) is 0 Å². The number of primary amides is 1. The minimum absolute atomic E-state index is 0. The Bertz CT molecular complexity index is 1110. The Balaban J connectivity index is 0.00000289. The number of ketones is 1. The largest absolute Gasteiger partial charge is 0.366 e. The van der Waals surface area contributed by atoms with E-state index in [9.17, 15) is 9.59 Å². The average Bonchev–Trinajstić information content (AvgIpc) is 3.10. The fourth-order valence-electron chi connectivity index (χ4n) is 3.84. The molecule has 0 atom stereocenters. The van der Waals surface area contributed by atoms with Gasteiger partial charge >= 0.3 is 0 Å². The molecule has 1 saturated heterocycles. The molecule has 2 aliphatic rings. The number of aryl methyl sites for hydroxylation is 1. The number of rotatable bonds is 5. The molecular weight excluding hydrogens is 426 g/mol. The molecular formula is C24H26ClN5O2. The SMILES string of the molecule is CC(=O)c1ccc(C(=CC2=NC3(CCNCC3)N=C2c2ccc(C)cc2)C(N)=O)cn1.Cl. The number of nitrogens with one attached hydrogen (secondary N) is 1. The number of halogens is 1. The lowest BCUT2D eigenvalue weighted by molar-refractivity contribution is -0.112. The first-order valence-corrected chi connectivity index (χ1v) is 10.3. The number of carbonyl (C=O) groups excluding carboxylic acids is 2. The quantitative estimate of drug-likeness (QED) is 0.537. The summed E-state index contributed by atoms with van der Waals surface area (Å²) >= 11 is 0. The van der Waals surface area contributed by atoms with Crippen molar-refractivity contribution in [3.05, 3.63) is 71.1 Å². The first kappa shape index (κ1) is 23.5. The van der Waals surface area contributed by atoms with Crippen LogP contribution in [0.5, 0.6) is 0 Å². The highest BCUT2D eigenvalue weighted by atomic mass is 35.5. The van der Waals surface area contributed by atoms with Crippen LogP contribution in [0.15, 0.2) is 58.7 Å². The van der Waals surface area contributed by atoms with Gasteiger partial charge in [0.15, 0.2) is 11.4 Å². The van der Waals surface area contributed by atoms with Gasteiger partial charge in [0.25, 0.3) is 0 Å². The fraction of sp³-hybridized carbons (Fsp3) is 0.292. The van der Waals surface area contributed by atoms with Crippen molar-refractivity contribution in [3.8, 4) is 0 Å². The van der Waals surface area contributed by atoms with Crippen LogP contribution in [0.1, 0.15) is 46.9 Å².